The summed E-state index contributed by atoms with van der Waals surface area (Å²) in [6, 6.07) is 4.74. The van der Waals surface area contributed by atoms with Crippen molar-refractivity contribution < 1.29 is 8.42 Å². The molecule has 1 saturated carbocycles. The van der Waals surface area contributed by atoms with E-state index in [1.54, 1.807) is 12.1 Å². The molecule has 0 radical (unpaired) electrons. The van der Waals surface area contributed by atoms with Crippen molar-refractivity contribution in [2.45, 2.75) is 31.1 Å². The van der Waals surface area contributed by atoms with E-state index in [0.717, 1.165) is 12.5 Å². The van der Waals surface area contributed by atoms with E-state index in [9.17, 15) is 8.42 Å². The second kappa shape index (κ2) is 6.01. The van der Waals surface area contributed by atoms with Gasteiger partial charge in [0.1, 0.15) is 0 Å². The van der Waals surface area contributed by atoms with E-state index in [2.05, 4.69) is 17.0 Å². The molecule has 2 unspecified atom stereocenters. The molecule has 4 N–H and O–H groups in total. The predicted octanol–water partition coefficient (Wildman–Crippen LogP) is 2.02. The third kappa shape index (κ3) is 3.43. The quantitative estimate of drug-likeness (QED) is 0.726. The molecule has 0 aliphatic heterocycles. The summed E-state index contributed by atoms with van der Waals surface area (Å²) in [5, 5.41) is 3.29. The van der Waals surface area contributed by atoms with Crippen molar-refractivity contribution in [1.82, 2.24) is 4.72 Å². The van der Waals surface area contributed by atoms with Gasteiger partial charge < -0.3 is 11.1 Å². The SMILES string of the molecule is CNS(=O)(=O)c1ccc(N)c(NCC2CCC(C)C2)c1. The van der Waals surface area contributed by atoms with Crippen LogP contribution in [-0.2, 0) is 10.0 Å². The Bertz CT molecular complexity index is 572. The Balaban J connectivity index is 2.09. The number of rotatable bonds is 5. The van der Waals surface area contributed by atoms with E-state index < -0.39 is 10.0 Å². The maximum atomic E-state index is 11.8. The fourth-order valence-corrected chi connectivity index (χ4v) is 3.49. The molecule has 0 amide bonds. The van der Waals surface area contributed by atoms with Crippen LogP contribution in [0.25, 0.3) is 0 Å². The van der Waals surface area contributed by atoms with Gasteiger partial charge in [-0.05, 0) is 49.9 Å². The molecule has 0 aromatic heterocycles. The number of hydrogen-bond acceptors (Lipinski definition) is 4. The van der Waals surface area contributed by atoms with Gasteiger partial charge in [0.2, 0.25) is 10.0 Å². The molecule has 1 aliphatic rings. The zero-order chi connectivity index (χ0) is 14.8. The summed E-state index contributed by atoms with van der Waals surface area (Å²) in [6.45, 7) is 3.12. The van der Waals surface area contributed by atoms with Crippen molar-refractivity contribution in [3.8, 4) is 0 Å². The number of anilines is 2. The molecular weight excluding hydrogens is 274 g/mol. The average molecular weight is 297 g/mol. The van der Waals surface area contributed by atoms with Gasteiger partial charge in [-0.25, -0.2) is 13.1 Å². The summed E-state index contributed by atoms with van der Waals surface area (Å²) in [6.07, 6.45) is 3.72. The molecule has 1 fully saturated rings. The van der Waals surface area contributed by atoms with Crippen molar-refractivity contribution in [3.05, 3.63) is 18.2 Å². The number of nitrogens with two attached hydrogens (primary N) is 1. The van der Waals surface area contributed by atoms with Crippen molar-refractivity contribution in [1.29, 1.82) is 0 Å². The van der Waals surface area contributed by atoms with Crippen LogP contribution < -0.4 is 15.8 Å². The van der Waals surface area contributed by atoms with E-state index in [0.29, 0.717) is 17.3 Å². The highest BCUT2D eigenvalue weighted by atomic mass is 32.2. The van der Waals surface area contributed by atoms with Crippen molar-refractivity contribution >= 4 is 21.4 Å². The highest BCUT2D eigenvalue weighted by Crippen LogP contribution is 2.31. The van der Waals surface area contributed by atoms with Crippen LogP contribution in [0, 0.1) is 11.8 Å². The predicted molar refractivity (Wildman–Crippen MR) is 82.1 cm³/mol. The minimum Gasteiger partial charge on any atom is -0.397 e. The first kappa shape index (κ1) is 15.1. The first-order chi connectivity index (χ1) is 9.42. The highest BCUT2D eigenvalue weighted by Gasteiger charge is 2.21. The van der Waals surface area contributed by atoms with Gasteiger partial charge in [0.05, 0.1) is 16.3 Å². The van der Waals surface area contributed by atoms with Gasteiger partial charge in [-0.15, -0.1) is 0 Å². The zero-order valence-corrected chi connectivity index (χ0v) is 12.8. The third-order valence-electron chi connectivity index (χ3n) is 3.99. The lowest BCUT2D eigenvalue weighted by atomic mass is 10.1. The van der Waals surface area contributed by atoms with Gasteiger partial charge in [0.15, 0.2) is 0 Å². The van der Waals surface area contributed by atoms with Gasteiger partial charge >= 0.3 is 0 Å². The Morgan fingerprint density at radius 3 is 2.70 bits per heavy atom. The minimum atomic E-state index is -3.43. The molecule has 2 rings (SSSR count). The smallest absolute Gasteiger partial charge is 0.240 e. The molecule has 1 aromatic carbocycles. The normalized spacial score (nSPS) is 22.9. The fourth-order valence-electron chi connectivity index (χ4n) is 2.74. The Hall–Kier alpha value is -1.27. The van der Waals surface area contributed by atoms with Gasteiger partial charge in [0.25, 0.3) is 0 Å². The first-order valence-corrected chi connectivity index (χ1v) is 8.47. The summed E-state index contributed by atoms with van der Waals surface area (Å²) >= 11 is 0. The number of hydrogen-bond donors (Lipinski definition) is 3. The molecule has 1 aliphatic carbocycles. The van der Waals surface area contributed by atoms with E-state index in [-0.39, 0.29) is 4.90 Å². The molecule has 2 atom stereocenters. The van der Waals surface area contributed by atoms with Gasteiger partial charge in [0, 0.05) is 6.54 Å². The molecule has 0 heterocycles. The maximum Gasteiger partial charge on any atom is 0.240 e. The standard InChI is InChI=1S/C14H23N3O2S/c1-10-3-4-11(7-10)9-17-14-8-12(5-6-13(14)15)20(18,19)16-2/h5-6,8,10-11,16-17H,3-4,7,9,15H2,1-2H3. The Kier molecular flexibility index (Phi) is 4.55. The first-order valence-electron chi connectivity index (χ1n) is 6.99. The fraction of sp³-hybridized carbons (Fsp3) is 0.571. The van der Waals surface area contributed by atoms with Crippen LogP contribution >= 0.6 is 0 Å². The van der Waals surface area contributed by atoms with Crippen LogP contribution in [0.2, 0.25) is 0 Å². The Labute approximate surface area is 121 Å². The second-order valence-electron chi connectivity index (χ2n) is 5.62. The van der Waals surface area contributed by atoms with Gasteiger partial charge in [-0.1, -0.05) is 13.3 Å². The molecule has 1 aromatic rings. The Morgan fingerprint density at radius 2 is 2.10 bits per heavy atom. The minimum absolute atomic E-state index is 0.233. The van der Waals surface area contributed by atoms with Crippen LogP contribution in [0.3, 0.4) is 0 Å². The van der Waals surface area contributed by atoms with E-state index >= 15 is 0 Å². The molecule has 6 heteroatoms. The Morgan fingerprint density at radius 1 is 1.35 bits per heavy atom. The van der Waals surface area contributed by atoms with E-state index in [1.165, 1.54) is 32.4 Å². The van der Waals surface area contributed by atoms with E-state index in [4.69, 9.17) is 5.73 Å². The number of nitrogen functional groups attached to an aromatic ring is 1. The van der Waals surface area contributed by atoms with Crippen LogP contribution in [0.15, 0.2) is 23.1 Å². The third-order valence-corrected chi connectivity index (χ3v) is 5.40. The average Bonchev–Trinajstić information content (AvgIpc) is 2.83. The van der Waals surface area contributed by atoms with Gasteiger partial charge in [-0.3, -0.25) is 0 Å². The molecular formula is C14H23N3O2S. The van der Waals surface area contributed by atoms with Gasteiger partial charge in [-0.2, -0.15) is 0 Å². The summed E-state index contributed by atoms with van der Waals surface area (Å²) in [5.74, 6) is 1.43. The number of sulfonamides is 1. The highest BCUT2D eigenvalue weighted by molar-refractivity contribution is 7.89. The summed E-state index contributed by atoms with van der Waals surface area (Å²) in [4.78, 5) is 0.233. The number of nitrogens with one attached hydrogen (secondary N) is 2. The van der Waals surface area contributed by atoms with Crippen LogP contribution in [0.4, 0.5) is 11.4 Å². The monoisotopic (exact) mass is 297 g/mol. The van der Waals surface area contributed by atoms with Crippen LogP contribution in [-0.4, -0.2) is 22.0 Å². The molecule has 5 nitrogen and oxygen atoms in total. The van der Waals surface area contributed by atoms with Crippen molar-refractivity contribution in [2.24, 2.45) is 11.8 Å². The molecule has 112 valence electrons. The lowest BCUT2D eigenvalue weighted by molar-refractivity contribution is 0.537. The molecule has 0 bridgehead atoms. The largest absolute Gasteiger partial charge is 0.397 e. The number of benzene rings is 1. The molecule has 0 spiro atoms. The van der Waals surface area contributed by atoms with Crippen molar-refractivity contribution in [3.63, 3.8) is 0 Å². The lowest BCUT2D eigenvalue weighted by Crippen LogP contribution is -2.19. The molecule has 0 saturated heterocycles. The second-order valence-corrected chi connectivity index (χ2v) is 7.51. The van der Waals surface area contributed by atoms with Crippen LogP contribution in [0.1, 0.15) is 26.2 Å². The summed E-state index contributed by atoms with van der Waals surface area (Å²) < 4.78 is 25.9. The summed E-state index contributed by atoms with van der Waals surface area (Å²) in [5.41, 5.74) is 7.18. The van der Waals surface area contributed by atoms with E-state index in [1.807, 2.05) is 0 Å². The topological polar surface area (TPSA) is 84.2 Å². The van der Waals surface area contributed by atoms with Crippen LogP contribution in [0.5, 0.6) is 0 Å². The molecule has 20 heavy (non-hydrogen) atoms. The van der Waals surface area contributed by atoms with Crippen molar-refractivity contribution in [2.75, 3.05) is 24.6 Å². The lowest BCUT2D eigenvalue weighted by Gasteiger charge is -2.15. The summed E-state index contributed by atoms with van der Waals surface area (Å²) in [7, 11) is -2.03. The maximum absolute atomic E-state index is 11.8. The zero-order valence-electron chi connectivity index (χ0n) is 12.0.